The van der Waals surface area contributed by atoms with Gasteiger partial charge in [0.15, 0.2) is 5.69 Å². The smallest absolute Gasteiger partial charge is 0.434 e. The molecule has 0 radical (unpaired) electrons. The summed E-state index contributed by atoms with van der Waals surface area (Å²) < 4.78 is 46.4. The molecule has 0 aliphatic carbocycles. The largest absolute Gasteiger partial charge is 0.481 e. The Morgan fingerprint density at radius 3 is 2.38 bits per heavy atom. The highest BCUT2D eigenvalue weighted by Crippen LogP contribution is 2.32. The third-order valence-corrected chi connectivity index (χ3v) is 1.75. The molecule has 16 heavy (non-hydrogen) atoms. The number of hydrogen-bond acceptors (Lipinski definition) is 4. The number of esters is 1. The molecule has 0 saturated carbocycles. The second-order valence-electron chi connectivity index (χ2n) is 2.74. The number of methoxy groups -OCH3 is 2. The van der Waals surface area contributed by atoms with Gasteiger partial charge in [0.1, 0.15) is 0 Å². The van der Waals surface area contributed by atoms with Crippen LogP contribution in [0.5, 0.6) is 5.88 Å². The molecule has 0 aromatic carbocycles. The van der Waals surface area contributed by atoms with Gasteiger partial charge in [-0.3, -0.25) is 0 Å². The van der Waals surface area contributed by atoms with Gasteiger partial charge in [0, 0.05) is 6.07 Å². The maximum Gasteiger partial charge on any atom is 0.434 e. The number of halogens is 3. The molecule has 0 aliphatic rings. The molecule has 1 heterocycles. The molecule has 0 bridgehead atoms. The summed E-state index contributed by atoms with van der Waals surface area (Å²) >= 11 is 0. The fourth-order valence-electron chi connectivity index (χ4n) is 1.05. The van der Waals surface area contributed by atoms with E-state index in [1.165, 1.54) is 7.11 Å². The number of ether oxygens (including phenoxy) is 2. The summed E-state index contributed by atoms with van der Waals surface area (Å²) in [5.74, 6) is -1.32. The lowest BCUT2D eigenvalue weighted by molar-refractivity contribution is -0.141. The van der Waals surface area contributed by atoms with E-state index in [2.05, 4.69) is 14.5 Å². The van der Waals surface area contributed by atoms with Crippen molar-refractivity contribution in [2.24, 2.45) is 0 Å². The van der Waals surface area contributed by atoms with E-state index in [-0.39, 0.29) is 5.88 Å². The van der Waals surface area contributed by atoms with Crippen molar-refractivity contribution in [1.82, 2.24) is 4.98 Å². The standard InChI is InChI=1S/C9H8F3NO3/c1-15-6-4-3-5(8(14)16-2)7(13-6)9(10,11)12/h3-4H,1-2H3. The second-order valence-corrected chi connectivity index (χ2v) is 2.74. The van der Waals surface area contributed by atoms with Crippen LogP contribution in [0.3, 0.4) is 0 Å². The highest BCUT2D eigenvalue weighted by atomic mass is 19.4. The van der Waals surface area contributed by atoms with Crippen molar-refractivity contribution in [3.8, 4) is 5.88 Å². The molecule has 0 saturated heterocycles. The average Bonchev–Trinajstić information content (AvgIpc) is 2.26. The molecule has 0 fully saturated rings. The van der Waals surface area contributed by atoms with Crippen LogP contribution < -0.4 is 4.74 Å². The molecule has 0 spiro atoms. The van der Waals surface area contributed by atoms with Crippen LogP contribution in [-0.2, 0) is 10.9 Å². The SMILES string of the molecule is COC(=O)c1ccc(OC)nc1C(F)(F)F. The molecule has 88 valence electrons. The van der Waals surface area contributed by atoms with E-state index in [4.69, 9.17) is 0 Å². The number of pyridine rings is 1. The zero-order chi connectivity index (χ0) is 12.3. The van der Waals surface area contributed by atoms with Gasteiger partial charge in [-0.1, -0.05) is 0 Å². The molecule has 0 aliphatic heterocycles. The molecule has 0 N–H and O–H groups in total. The summed E-state index contributed by atoms with van der Waals surface area (Å²) in [5.41, 5.74) is -1.96. The lowest BCUT2D eigenvalue weighted by atomic mass is 10.2. The summed E-state index contributed by atoms with van der Waals surface area (Å²) in [4.78, 5) is 14.3. The number of alkyl halides is 3. The first kappa shape index (κ1) is 12.3. The normalized spacial score (nSPS) is 11.1. The Labute approximate surface area is 89.0 Å². The van der Waals surface area contributed by atoms with Gasteiger partial charge >= 0.3 is 12.1 Å². The second kappa shape index (κ2) is 4.38. The van der Waals surface area contributed by atoms with Crippen LogP contribution in [0.1, 0.15) is 16.1 Å². The fraction of sp³-hybridized carbons (Fsp3) is 0.333. The first-order valence-electron chi connectivity index (χ1n) is 4.10. The van der Waals surface area contributed by atoms with Gasteiger partial charge in [-0.25, -0.2) is 9.78 Å². The molecule has 0 unspecified atom stereocenters. The van der Waals surface area contributed by atoms with E-state index >= 15 is 0 Å². The van der Waals surface area contributed by atoms with E-state index in [1.807, 2.05) is 0 Å². The fourth-order valence-corrected chi connectivity index (χ4v) is 1.05. The molecule has 1 rings (SSSR count). The van der Waals surface area contributed by atoms with Crippen LogP contribution in [-0.4, -0.2) is 25.2 Å². The first-order chi connectivity index (χ1) is 7.40. The van der Waals surface area contributed by atoms with E-state index < -0.39 is 23.4 Å². The van der Waals surface area contributed by atoms with Crippen LogP contribution in [0.15, 0.2) is 12.1 Å². The van der Waals surface area contributed by atoms with Crippen LogP contribution in [0.25, 0.3) is 0 Å². The van der Waals surface area contributed by atoms with Gasteiger partial charge in [0.25, 0.3) is 0 Å². The van der Waals surface area contributed by atoms with E-state index in [9.17, 15) is 18.0 Å². The summed E-state index contributed by atoms with van der Waals surface area (Å²) in [5, 5.41) is 0. The average molecular weight is 235 g/mol. The van der Waals surface area contributed by atoms with Crippen molar-refractivity contribution >= 4 is 5.97 Å². The number of nitrogens with zero attached hydrogens (tertiary/aromatic N) is 1. The molecule has 0 amide bonds. The predicted molar refractivity (Wildman–Crippen MR) is 47.1 cm³/mol. The molecule has 7 heteroatoms. The van der Waals surface area contributed by atoms with Crippen molar-refractivity contribution in [2.45, 2.75) is 6.18 Å². The first-order valence-corrected chi connectivity index (χ1v) is 4.10. The number of hydrogen-bond donors (Lipinski definition) is 0. The number of aromatic nitrogens is 1. The highest BCUT2D eigenvalue weighted by Gasteiger charge is 2.38. The van der Waals surface area contributed by atoms with Gasteiger partial charge in [-0.15, -0.1) is 0 Å². The molecule has 1 aromatic rings. The monoisotopic (exact) mass is 235 g/mol. The van der Waals surface area contributed by atoms with Gasteiger partial charge in [-0.05, 0) is 6.07 Å². The van der Waals surface area contributed by atoms with Gasteiger partial charge in [0.05, 0.1) is 19.8 Å². The van der Waals surface area contributed by atoms with Crippen molar-refractivity contribution in [3.63, 3.8) is 0 Å². The third-order valence-electron chi connectivity index (χ3n) is 1.75. The minimum absolute atomic E-state index is 0.222. The summed E-state index contributed by atoms with van der Waals surface area (Å²) in [6, 6.07) is 2.11. The van der Waals surface area contributed by atoms with E-state index in [0.717, 1.165) is 19.2 Å². The summed E-state index contributed by atoms with van der Waals surface area (Å²) in [7, 11) is 2.17. The molecule has 0 atom stereocenters. The van der Waals surface area contributed by atoms with E-state index in [1.54, 1.807) is 0 Å². The Morgan fingerprint density at radius 2 is 1.94 bits per heavy atom. The minimum atomic E-state index is -4.74. The Kier molecular flexibility index (Phi) is 3.36. The van der Waals surface area contributed by atoms with Crippen molar-refractivity contribution in [2.75, 3.05) is 14.2 Å². The third kappa shape index (κ3) is 2.41. The zero-order valence-corrected chi connectivity index (χ0v) is 8.46. The predicted octanol–water partition coefficient (Wildman–Crippen LogP) is 1.90. The summed E-state index contributed by atoms with van der Waals surface area (Å²) in [6.07, 6.45) is -4.74. The van der Waals surface area contributed by atoms with E-state index in [0.29, 0.717) is 0 Å². The topological polar surface area (TPSA) is 48.4 Å². The Bertz CT molecular complexity index is 403. The van der Waals surface area contributed by atoms with Crippen molar-refractivity contribution in [1.29, 1.82) is 0 Å². The summed E-state index contributed by atoms with van der Waals surface area (Å²) in [6.45, 7) is 0. The maximum absolute atomic E-state index is 12.5. The number of carbonyl (C=O) groups excluding carboxylic acids is 1. The Morgan fingerprint density at radius 1 is 1.31 bits per heavy atom. The quantitative estimate of drug-likeness (QED) is 0.734. The van der Waals surface area contributed by atoms with Crippen molar-refractivity contribution in [3.05, 3.63) is 23.4 Å². The van der Waals surface area contributed by atoms with Crippen LogP contribution in [0.4, 0.5) is 13.2 Å². The van der Waals surface area contributed by atoms with Crippen LogP contribution in [0, 0.1) is 0 Å². The van der Waals surface area contributed by atoms with Gasteiger partial charge in [0.2, 0.25) is 5.88 Å². The van der Waals surface area contributed by atoms with Crippen molar-refractivity contribution < 1.29 is 27.4 Å². The maximum atomic E-state index is 12.5. The molecule has 1 aromatic heterocycles. The lowest BCUT2D eigenvalue weighted by Crippen LogP contribution is -2.16. The highest BCUT2D eigenvalue weighted by molar-refractivity contribution is 5.90. The van der Waals surface area contributed by atoms with Gasteiger partial charge in [-0.2, -0.15) is 13.2 Å². The molecule has 4 nitrogen and oxygen atoms in total. The minimum Gasteiger partial charge on any atom is -0.481 e. The van der Waals surface area contributed by atoms with Crippen LogP contribution in [0.2, 0.25) is 0 Å². The number of rotatable bonds is 2. The Balaban J connectivity index is 3.33. The zero-order valence-electron chi connectivity index (χ0n) is 8.46. The molecular weight excluding hydrogens is 227 g/mol. The van der Waals surface area contributed by atoms with Crippen LogP contribution >= 0.6 is 0 Å². The Hall–Kier alpha value is -1.79. The van der Waals surface area contributed by atoms with Gasteiger partial charge < -0.3 is 9.47 Å². The molecular formula is C9H8F3NO3. The lowest BCUT2D eigenvalue weighted by Gasteiger charge is -2.11. The number of carbonyl (C=O) groups is 1.